The maximum Gasteiger partial charge on any atom is 0.326 e. The van der Waals surface area contributed by atoms with Crippen LogP contribution in [-0.2, 0) is 27.4 Å². The second kappa shape index (κ2) is 9.21. The molecule has 0 saturated carbocycles. The van der Waals surface area contributed by atoms with E-state index in [0.29, 0.717) is 23.2 Å². The van der Waals surface area contributed by atoms with Gasteiger partial charge in [-0.25, -0.2) is 4.98 Å². The van der Waals surface area contributed by atoms with Crippen molar-refractivity contribution in [1.29, 1.82) is 0 Å². The number of nitrogens with zero attached hydrogens (tertiary/aromatic N) is 3. The summed E-state index contributed by atoms with van der Waals surface area (Å²) < 4.78 is 11.5. The quantitative estimate of drug-likeness (QED) is 0.554. The van der Waals surface area contributed by atoms with E-state index in [2.05, 4.69) is 4.98 Å². The molecular formula is C22H23N3O5. The third-order valence-corrected chi connectivity index (χ3v) is 4.74. The molecule has 8 nitrogen and oxygen atoms in total. The molecule has 0 radical (unpaired) electrons. The summed E-state index contributed by atoms with van der Waals surface area (Å²) in [6.45, 7) is 1.44. The number of hydrogen-bond acceptors (Lipinski definition) is 6. The largest absolute Gasteiger partial charge is 0.496 e. The number of fused-ring (bicyclic) bond motifs is 1. The van der Waals surface area contributed by atoms with Crippen LogP contribution in [0.3, 0.4) is 0 Å². The standard InChI is InChI=1S/C22H23N3O5/c1-15-7-6-9-17-21(15)23-14-25(22(17)28)12-20(27)30-13-19(26)24(2)11-16-8-4-5-10-18(16)29-3/h4-10,14H,11-13H2,1-3H3. The van der Waals surface area contributed by atoms with Gasteiger partial charge in [-0.2, -0.15) is 0 Å². The molecule has 8 heteroatoms. The van der Waals surface area contributed by atoms with Crippen LogP contribution in [0.15, 0.2) is 53.6 Å². The summed E-state index contributed by atoms with van der Waals surface area (Å²) in [6, 6.07) is 12.7. The molecular weight excluding hydrogens is 386 g/mol. The number of rotatable bonds is 7. The number of esters is 1. The van der Waals surface area contributed by atoms with Gasteiger partial charge in [0.05, 0.1) is 24.3 Å². The van der Waals surface area contributed by atoms with Gasteiger partial charge in [-0.15, -0.1) is 0 Å². The Morgan fingerprint density at radius 1 is 1.13 bits per heavy atom. The van der Waals surface area contributed by atoms with Crippen LogP contribution in [0.4, 0.5) is 0 Å². The Kier molecular flexibility index (Phi) is 6.46. The minimum absolute atomic E-state index is 0.313. The first-order valence-electron chi connectivity index (χ1n) is 9.37. The number of carbonyl (C=O) groups is 2. The van der Waals surface area contributed by atoms with Gasteiger partial charge in [0.1, 0.15) is 12.3 Å². The molecule has 0 atom stereocenters. The van der Waals surface area contributed by atoms with Gasteiger partial charge in [0, 0.05) is 19.2 Å². The molecule has 3 rings (SSSR count). The minimum Gasteiger partial charge on any atom is -0.496 e. The van der Waals surface area contributed by atoms with E-state index in [1.807, 2.05) is 37.3 Å². The predicted molar refractivity (Wildman–Crippen MR) is 111 cm³/mol. The minimum atomic E-state index is -0.690. The zero-order chi connectivity index (χ0) is 21.7. The van der Waals surface area contributed by atoms with E-state index in [9.17, 15) is 14.4 Å². The van der Waals surface area contributed by atoms with Gasteiger partial charge in [-0.05, 0) is 24.6 Å². The van der Waals surface area contributed by atoms with Crippen LogP contribution < -0.4 is 10.3 Å². The number of ether oxygens (including phenoxy) is 2. The molecule has 3 aromatic rings. The van der Waals surface area contributed by atoms with E-state index in [4.69, 9.17) is 9.47 Å². The first kappa shape index (κ1) is 21.0. The smallest absolute Gasteiger partial charge is 0.326 e. The SMILES string of the molecule is COc1ccccc1CN(C)C(=O)COC(=O)Cn1cnc2c(C)cccc2c1=O. The second-order valence-corrected chi connectivity index (χ2v) is 6.87. The zero-order valence-corrected chi connectivity index (χ0v) is 17.1. The molecule has 0 unspecified atom stereocenters. The summed E-state index contributed by atoms with van der Waals surface area (Å²) in [6.07, 6.45) is 1.31. The molecule has 0 saturated heterocycles. The van der Waals surface area contributed by atoms with Gasteiger partial charge in [0.15, 0.2) is 6.61 Å². The fourth-order valence-electron chi connectivity index (χ4n) is 3.06. The molecule has 0 fully saturated rings. The van der Waals surface area contributed by atoms with Crippen molar-refractivity contribution in [1.82, 2.24) is 14.5 Å². The van der Waals surface area contributed by atoms with E-state index < -0.39 is 12.6 Å². The third-order valence-electron chi connectivity index (χ3n) is 4.74. The van der Waals surface area contributed by atoms with Crippen LogP contribution in [0, 0.1) is 6.92 Å². The molecule has 1 aromatic heterocycles. The van der Waals surface area contributed by atoms with Gasteiger partial charge in [0.2, 0.25) is 0 Å². The van der Waals surface area contributed by atoms with Crippen molar-refractivity contribution in [3.8, 4) is 5.75 Å². The number of aromatic nitrogens is 2. The molecule has 0 aliphatic carbocycles. The highest BCUT2D eigenvalue weighted by atomic mass is 16.5. The van der Waals surface area contributed by atoms with E-state index >= 15 is 0 Å². The molecule has 0 aliphatic rings. The summed E-state index contributed by atoms with van der Waals surface area (Å²) in [7, 11) is 3.18. The van der Waals surface area contributed by atoms with Crippen molar-refractivity contribution in [2.75, 3.05) is 20.8 Å². The molecule has 30 heavy (non-hydrogen) atoms. The Bertz CT molecular complexity index is 1140. The van der Waals surface area contributed by atoms with Crippen molar-refractivity contribution in [3.63, 3.8) is 0 Å². The Labute approximate surface area is 173 Å². The Morgan fingerprint density at radius 3 is 2.67 bits per heavy atom. The normalized spacial score (nSPS) is 10.6. The highest BCUT2D eigenvalue weighted by Crippen LogP contribution is 2.18. The summed E-state index contributed by atoms with van der Waals surface area (Å²) in [4.78, 5) is 42.7. The second-order valence-electron chi connectivity index (χ2n) is 6.87. The van der Waals surface area contributed by atoms with E-state index in [1.54, 1.807) is 26.3 Å². The van der Waals surface area contributed by atoms with Crippen molar-refractivity contribution >= 4 is 22.8 Å². The van der Waals surface area contributed by atoms with Gasteiger partial charge in [0.25, 0.3) is 11.5 Å². The van der Waals surface area contributed by atoms with Crippen LogP contribution in [0.25, 0.3) is 10.9 Å². The number of carbonyl (C=O) groups excluding carboxylic acids is 2. The van der Waals surface area contributed by atoms with Crippen LogP contribution in [0.5, 0.6) is 5.75 Å². The Morgan fingerprint density at radius 2 is 1.90 bits per heavy atom. The zero-order valence-electron chi connectivity index (χ0n) is 17.1. The molecule has 1 heterocycles. The lowest BCUT2D eigenvalue weighted by atomic mass is 10.1. The average molecular weight is 409 g/mol. The van der Waals surface area contributed by atoms with Gasteiger partial charge >= 0.3 is 5.97 Å². The third kappa shape index (κ3) is 4.65. The average Bonchev–Trinajstić information content (AvgIpc) is 2.74. The predicted octanol–water partition coefficient (Wildman–Crippen LogP) is 1.92. The van der Waals surface area contributed by atoms with Crippen LogP contribution >= 0.6 is 0 Å². The number of amides is 1. The van der Waals surface area contributed by atoms with Crippen molar-refractivity contribution in [2.45, 2.75) is 20.0 Å². The lowest BCUT2D eigenvalue weighted by Crippen LogP contribution is -2.32. The van der Waals surface area contributed by atoms with E-state index in [-0.39, 0.29) is 18.0 Å². The highest BCUT2D eigenvalue weighted by Gasteiger charge is 2.15. The number of aryl methyl sites for hydroxylation is 1. The number of methoxy groups -OCH3 is 1. The molecule has 0 aliphatic heterocycles. The fraction of sp³-hybridized carbons (Fsp3) is 0.273. The maximum absolute atomic E-state index is 12.6. The van der Waals surface area contributed by atoms with Gasteiger partial charge < -0.3 is 14.4 Å². The summed E-state index contributed by atoms with van der Waals surface area (Å²) in [5, 5.41) is 0.429. The molecule has 1 amide bonds. The van der Waals surface area contributed by atoms with E-state index in [0.717, 1.165) is 11.1 Å². The first-order chi connectivity index (χ1) is 14.4. The lowest BCUT2D eigenvalue weighted by Gasteiger charge is -2.18. The van der Waals surface area contributed by atoms with Gasteiger partial charge in [-0.1, -0.05) is 30.3 Å². The van der Waals surface area contributed by atoms with E-state index in [1.165, 1.54) is 15.8 Å². The van der Waals surface area contributed by atoms with Gasteiger partial charge in [-0.3, -0.25) is 19.0 Å². The van der Waals surface area contributed by atoms with Crippen LogP contribution in [-0.4, -0.2) is 47.1 Å². The number of para-hydroxylation sites is 2. The van der Waals surface area contributed by atoms with Crippen molar-refractivity contribution in [3.05, 3.63) is 70.3 Å². The Hall–Kier alpha value is -3.68. The molecule has 0 spiro atoms. The molecule has 156 valence electrons. The topological polar surface area (TPSA) is 90.7 Å². The number of hydrogen-bond donors (Lipinski definition) is 0. The van der Waals surface area contributed by atoms with Crippen molar-refractivity contribution < 1.29 is 19.1 Å². The molecule has 2 aromatic carbocycles. The monoisotopic (exact) mass is 409 g/mol. The van der Waals surface area contributed by atoms with Crippen molar-refractivity contribution in [2.24, 2.45) is 0 Å². The summed E-state index contributed by atoms with van der Waals surface area (Å²) in [5.74, 6) is -0.383. The molecule has 0 N–H and O–H groups in total. The summed E-state index contributed by atoms with van der Waals surface area (Å²) in [5.41, 5.74) is 1.98. The van der Waals surface area contributed by atoms with Crippen LogP contribution in [0.2, 0.25) is 0 Å². The molecule has 0 bridgehead atoms. The number of benzene rings is 2. The lowest BCUT2D eigenvalue weighted by molar-refractivity contribution is -0.152. The fourth-order valence-corrected chi connectivity index (χ4v) is 3.06. The Balaban J connectivity index is 1.59. The number of likely N-dealkylation sites (N-methyl/N-ethyl adjacent to an activating group) is 1. The first-order valence-corrected chi connectivity index (χ1v) is 9.37. The maximum atomic E-state index is 12.6. The highest BCUT2D eigenvalue weighted by molar-refractivity contribution is 5.82. The summed E-state index contributed by atoms with van der Waals surface area (Å²) >= 11 is 0. The van der Waals surface area contributed by atoms with Crippen LogP contribution in [0.1, 0.15) is 11.1 Å².